The predicted molar refractivity (Wildman–Crippen MR) is 97.5 cm³/mol. The number of benzene rings is 2. The zero-order valence-corrected chi connectivity index (χ0v) is 15.0. The highest BCUT2D eigenvalue weighted by Gasteiger charge is 2.23. The highest BCUT2D eigenvalue weighted by molar-refractivity contribution is 7.89. The van der Waals surface area contributed by atoms with Crippen molar-refractivity contribution < 1.29 is 22.8 Å². The number of nitrogens with zero attached hydrogens (tertiary/aromatic N) is 2. The second kappa shape index (κ2) is 7.19. The van der Waals surface area contributed by atoms with Crippen LogP contribution < -0.4 is 15.5 Å². The van der Waals surface area contributed by atoms with Gasteiger partial charge in [-0.05, 0) is 24.3 Å². The van der Waals surface area contributed by atoms with Crippen LogP contribution in [-0.4, -0.2) is 31.7 Å². The average molecular weight is 388 g/mol. The zero-order chi connectivity index (χ0) is 19.6. The Labute approximate surface area is 155 Å². The van der Waals surface area contributed by atoms with Crippen molar-refractivity contribution in [2.24, 2.45) is 5.14 Å². The summed E-state index contributed by atoms with van der Waals surface area (Å²) < 4.78 is 28.4. The summed E-state index contributed by atoms with van der Waals surface area (Å²) >= 11 is 0. The van der Waals surface area contributed by atoms with Crippen LogP contribution >= 0.6 is 0 Å². The van der Waals surface area contributed by atoms with E-state index in [0.717, 1.165) is 0 Å². The second-order valence-corrected chi connectivity index (χ2v) is 7.04. The minimum atomic E-state index is -3.83. The third-order valence-electron chi connectivity index (χ3n) is 3.70. The number of oxazole rings is 1. The van der Waals surface area contributed by atoms with E-state index < -0.39 is 16.1 Å². The molecule has 4 N–H and O–H groups in total. The molecule has 0 aliphatic heterocycles. The van der Waals surface area contributed by atoms with Crippen molar-refractivity contribution in [1.29, 1.82) is 0 Å². The molecule has 0 atom stereocenters. The van der Waals surface area contributed by atoms with Gasteiger partial charge in [0.05, 0.1) is 4.90 Å². The molecule has 0 bridgehead atoms. The van der Waals surface area contributed by atoms with E-state index in [0.29, 0.717) is 16.8 Å². The molecule has 0 saturated heterocycles. The Kier molecular flexibility index (Phi) is 4.95. The van der Waals surface area contributed by atoms with Gasteiger partial charge in [0.1, 0.15) is 5.69 Å². The molecule has 2 aromatic carbocycles. The van der Waals surface area contributed by atoms with E-state index in [1.54, 1.807) is 24.3 Å². The molecule has 0 radical (unpaired) electrons. The fourth-order valence-electron chi connectivity index (χ4n) is 2.38. The topological polar surface area (TPSA) is 139 Å². The summed E-state index contributed by atoms with van der Waals surface area (Å²) in [5.41, 5.74) is 1.55. The molecule has 10 heteroatoms. The molecule has 3 aromatic rings. The van der Waals surface area contributed by atoms with Crippen LogP contribution in [0, 0.1) is 0 Å². The predicted octanol–water partition coefficient (Wildman–Crippen LogP) is 2.19. The summed E-state index contributed by atoms with van der Waals surface area (Å²) in [5.74, 6) is 0.250. The largest absolute Gasteiger partial charge is 0.421 e. The Hall–Kier alpha value is -3.21. The molecule has 0 spiro atoms. The van der Waals surface area contributed by atoms with E-state index in [1.807, 2.05) is 6.07 Å². The van der Waals surface area contributed by atoms with Crippen molar-refractivity contribution in [3.63, 3.8) is 0 Å². The van der Waals surface area contributed by atoms with Crippen molar-refractivity contribution in [3.05, 3.63) is 54.6 Å². The molecule has 0 saturated carbocycles. The maximum absolute atomic E-state index is 11.6. The lowest BCUT2D eigenvalue weighted by molar-refractivity contribution is 0.197. The lowest BCUT2D eigenvalue weighted by Crippen LogP contribution is -2.35. The van der Waals surface area contributed by atoms with Gasteiger partial charge in [0.2, 0.25) is 10.0 Å². The first-order valence-electron chi connectivity index (χ1n) is 7.71. The first kappa shape index (κ1) is 18.6. The Balaban J connectivity index is 2.13. The van der Waals surface area contributed by atoms with Gasteiger partial charge in [-0.2, -0.15) is 4.98 Å². The highest BCUT2D eigenvalue weighted by atomic mass is 32.2. The van der Waals surface area contributed by atoms with Gasteiger partial charge in [-0.15, -0.1) is 5.06 Å². The fraction of sp³-hybridized carbons (Fsp3) is 0.0588. The van der Waals surface area contributed by atoms with E-state index >= 15 is 0 Å². The minimum absolute atomic E-state index is 0.0543. The lowest BCUT2D eigenvalue weighted by atomic mass is 10.1. The van der Waals surface area contributed by atoms with Crippen molar-refractivity contribution in [1.82, 2.24) is 10.3 Å². The molecule has 0 aliphatic carbocycles. The number of nitrogens with one attached hydrogen (secondary N) is 1. The molecule has 0 aliphatic rings. The van der Waals surface area contributed by atoms with Gasteiger partial charge in [-0.1, -0.05) is 30.3 Å². The van der Waals surface area contributed by atoms with Crippen molar-refractivity contribution in [2.45, 2.75) is 4.90 Å². The fourth-order valence-corrected chi connectivity index (χ4v) is 2.89. The number of primary sulfonamides is 1. The highest BCUT2D eigenvalue weighted by Crippen LogP contribution is 2.35. The summed E-state index contributed by atoms with van der Waals surface area (Å²) in [4.78, 5) is 15.8. The van der Waals surface area contributed by atoms with Crippen molar-refractivity contribution >= 4 is 22.1 Å². The zero-order valence-electron chi connectivity index (χ0n) is 14.2. The van der Waals surface area contributed by atoms with E-state index in [2.05, 4.69) is 10.3 Å². The van der Waals surface area contributed by atoms with Gasteiger partial charge in [0.25, 0.3) is 0 Å². The number of hydroxylamine groups is 1. The minimum Gasteiger partial charge on any atom is -0.421 e. The van der Waals surface area contributed by atoms with Crippen LogP contribution in [0.4, 0.5) is 10.8 Å². The van der Waals surface area contributed by atoms with Gasteiger partial charge in [0, 0.05) is 18.2 Å². The third-order valence-corrected chi connectivity index (χ3v) is 4.62. The van der Waals surface area contributed by atoms with Crippen molar-refractivity contribution in [3.8, 4) is 22.6 Å². The summed E-state index contributed by atoms with van der Waals surface area (Å²) in [7, 11) is -2.49. The van der Waals surface area contributed by atoms with Crippen LogP contribution in [0.5, 0.6) is 0 Å². The van der Waals surface area contributed by atoms with Gasteiger partial charge < -0.3 is 9.73 Å². The van der Waals surface area contributed by atoms with E-state index in [4.69, 9.17) is 9.56 Å². The number of carbonyl (C=O) groups excluding carboxylic acids is 1. The summed E-state index contributed by atoms with van der Waals surface area (Å²) in [5, 5.41) is 17.5. The average Bonchev–Trinajstić information content (AvgIpc) is 3.12. The summed E-state index contributed by atoms with van der Waals surface area (Å²) in [6.07, 6.45) is 0. The second-order valence-electron chi connectivity index (χ2n) is 5.48. The summed E-state index contributed by atoms with van der Waals surface area (Å²) in [6.45, 7) is 0. The molecule has 0 unspecified atom stereocenters. The normalized spacial score (nSPS) is 11.2. The Morgan fingerprint density at radius 2 is 1.74 bits per heavy atom. The number of rotatable bonds is 4. The molecule has 1 heterocycles. The Morgan fingerprint density at radius 3 is 2.30 bits per heavy atom. The number of sulfonamides is 1. The van der Waals surface area contributed by atoms with E-state index in [-0.39, 0.29) is 21.7 Å². The molecular formula is C17H16N4O5S. The van der Waals surface area contributed by atoms with Crippen LogP contribution in [0.1, 0.15) is 0 Å². The number of amides is 2. The number of carbonyl (C=O) groups is 1. The van der Waals surface area contributed by atoms with Crippen LogP contribution in [0.15, 0.2) is 63.9 Å². The maximum Gasteiger partial charge on any atom is 0.349 e. The Morgan fingerprint density at radius 1 is 1.11 bits per heavy atom. The van der Waals surface area contributed by atoms with Crippen LogP contribution in [0.2, 0.25) is 0 Å². The summed E-state index contributed by atoms with van der Waals surface area (Å²) in [6, 6.07) is 13.5. The van der Waals surface area contributed by atoms with Gasteiger partial charge >= 0.3 is 12.0 Å². The molecule has 1 aromatic heterocycles. The standard InChI is InChI=1S/C17H16N4O5S/c1-19-16(22)21(23)17-20-14(11-5-3-2-4-6-11)15(26-17)12-7-9-13(10-8-12)27(18,24)25/h2-10,23H,1H3,(H,19,22)(H2,18,24,25). The van der Waals surface area contributed by atoms with E-state index in [9.17, 15) is 18.4 Å². The quantitative estimate of drug-likeness (QED) is 0.462. The first-order valence-corrected chi connectivity index (χ1v) is 9.26. The number of hydrogen-bond donors (Lipinski definition) is 3. The molecule has 140 valence electrons. The number of hydrogen-bond acceptors (Lipinski definition) is 6. The first-order chi connectivity index (χ1) is 12.8. The van der Waals surface area contributed by atoms with Gasteiger partial charge in [0.15, 0.2) is 5.76 Å². The molecule has 27 heavy (non-hydrogen) atoms. The van der Waals surface area contributed by atoms with Crippen LogP contribution in [0.3, 0.4) is 0 Å². The number of anilines is 1. The monoisotopic (exact) mass is 388 g/mol. The molecule has 3 rings (SSSR count). The van der Waals surface area contributed by atoms with Gasteiger partial charge in [-0.3, -0.25) is 5.21 Å². The molecular weight excluding hydrogens is 372 g/mol. The number of nitrogens with two attached hydrogens (primary N) is 1. The SMILES string of the molecule is CNC(=O)N(O)c1nc(-c2ccccc2)c(-c2ccc(S(N)(=O)=O)cc2)o1. The maximum atomic E-state index is 11.6. The number of aromatic nitrogens is 1. The number of urea groups is 1. The van der Waals surface area contributed by atoms with Gasteiger partial charge in [-0.25, -0.2) is 18.4 Å². The smallest absolute Gasteiger partial charge is 0.349 e. The van der Waals surface area contributed by atoms with E-state index in [1.165, 1.54) is 31.3 Å². The molecule has 0 fully saturated rings. The molecule has 2 amide bonds. The third kappa shape index (κ3) is 3.82. The Bertz CT molecular complexity index is 1060. The van der Waals surface area contributed by atoms with Crippen molar-refractivity contribution in [2.75, 3.05) is 12.1 Å². The lowest BCUT2D eigenvalue weighted by Gasteiger charge is -2.08. The molecule has 9 nitrogen and oxygen atoms in total. The van der Waals surface area contributed by atoms with Crippen LogP contribution in [0.25, 0.3) is 22.6 Å². The van der Waals surface area contributed by atoms with Crippen LogP contribution in [-0.2, 0) is 10.0 Å².